The summed E-state index contributed by atoms with van der Waals surface area (Å²) in [6.07, 6.45) is 0.531. The number of piperazine rings is 1. The van der Waals surface area contributed by atoms with E-state index in [1.54, 1.807) is 6.07 Å². The summed E-state index contributed by atoms with van der Waals surface area (Å²) in [4.78, 5) is 26.5. The molecule has 0 aromatic heterocycles. The number of nitrogens with one attached hydrogen (secondary N) is 1. The van der Waals surface area contributed by atoms with Crippen LogP contribution in [-0.4, -0.2) is 23.9 Å². The van der Waals surface area contributed by atoms with Gasteiger partial charge >= 0.3 is 0 Å². The Hall–Kier alpha value is -1.18. The minimum atomic E-state index is -0.570. The molecule has 0 bridgehead atoms. The van der Waals surface area contributed by atoms with Gasteiger partial charge < -0.3 is 5.32 Å². The smallest absolute Gasteiger partial charge is 0.250 e. The van der Waals surface area contributed by atoms with E-state index in [0.717, 1.165) is 0 Å². The van der Waals surface area contributed by atoms with E-state index in [4.69, 9.17) is 0 Å². The van der Waals surface area contributed by atoms with Gasteiger partial charge in [0.25, 0.3) is 0 Å². The molecule has 0 radical (unpaired) electrons. The monoisotopic (exact) mass is 404 g/mol. The molecule has 1 fully saturated rings. The third kappa shape index (κ3) is 3.04. The van der Waals surface area contributed by atoms with Crippen molar-refractivity contribution in [3.63, 3.8) is 0 Å². The van der Waals surface area contributed by atoms with E-state index in [-0.39, 0.29) is 23.5 Å². The predicted molar refractivity (Wildman–Crippen MR) is 87.5 cm³/mol. The van der Waals surface area contributed by atoms with E-state index in [0.29, 0.717) is 15.7 Å². The summed E-state index contributed by atoms with van der Waals surface area (Å²) < 4.78 is 13.9. The van der Waals surface area contributed by atoms with Crippen LogP contribution < -0.4 is 10.2 Å². The summed E-state index contributed by atoms with van der Waals surface area (Å²) in [7, 11) is 0. The van der Waals surface area contributed by atoms with Crippen LogP contribution in [0.2, 0.25) is 0 Å². The molecule has 1 aliphatic heterocycles. The van der Waals surface area contributed by atoms with E-state index < -0.39 is 12.1 Å². The minimum Gasteiger partial charge on any atom is -0.342 e. The Labute approximate surface area is 137 Å². The highest BCUT2D eigenvalue weighted by molar-refractivity contribution is 14.1. The Morgan fingerprint density at radius 3 is 2.57 bits per heavy atom. The first-order valence-corrected chi connectivity index (χ1v) is 8.03. The van der Waals surface area contributed by atoms with Crippen LogP contribution in [0.5, 0.6) is 0 Å². The Morgan fingerprint density at radius 1 is 1.38 bits per heavy atom. The number of benzene rings is 1. The van der Waals surface area contributed by atoms with Gasteiger partial charge in [0.15, 0.2) is 0 Å². The molecule has 1 heterocycles. The van der Waals surface area contributed by atoms with Gasteiger partial charge in [-0.25, -0.2) is 4.39 Å². The Balaban J connectivity index is 2.52. The molecule has 2 rings (SSSR count). The minimum absolute atomic E-state index is 0.0346. The van der Waals surface area contributed by atoms with Crippen molar-refractivity contribution < 1.29 is 14.0 Å². The molecule has 0 saturated carbocycles. The van der Waals surface area contributed by atoms with E-state index in [9.17, 15) is 14.0 Å². The fraction of sp³-hybridized carbons (Fsp3) is 0.467. The molecule has 1 aliphatic rings. The van der Waals surface area contributed by atoms with Crippen molar-refractivity contribution in [3.05, 3.63) is 27.6 Å². The number of carbonyl (C=O) groups is 2. The average Bonchev–Trinajstić information content (AvgIpc) is 2.40. The first kappa shape index (κ1) is 16.2. The maximum Gasteiger partial charge on any atom is 0.250 e. The molecule has 2 atom stereocenters. The molecule has 1 aromatic rings. The number of halogens is 2. The predicted octanol–water partition coefficient (Wildman–Crippen LogP) is 2.70. The van der Waals surface area contributed by atoms with Gasteiger partial charge in [-0.3, -0.25) is 14.5 Å². The van der Waals surface area contributed by atoms with Crippen molar-refractivity contribution in [1.82, 2.24) is 5.32 Å². The number of rotatable bonds is 3. The van der Waals surface area contributed by atoms with Gasteiger partial charge in [-0.05, 0) is 53.1 Å². The molecule has 1 aromatic carbocycles. The lowest BCUT2D eigenvalue weighted by Crippen LogP contribution is -2.65. The second-order valence-electron chi connectivity index (χ2n) is 5.46. The standard InChI is InChI=1S/C15H18FIN2O2/c1-4-11-15(21)19(13(8(2)3)14(20)18-11)12-6-5-9(16)7-10(12)17/h5-8,11,13H,4H2,1-3H3,(H,18,20). The lowest BCUT2D eigenvalue weighted by Gasteiger charge is -2.41. The highest BCUT2D eigenvalue weighted by atomic mass is 127. The van der Waals surface area contributed by atoms with Crippen molar-refractivity contribution in [1.29, 1.82) is 0 Å². The molecular weight excluding hydrogens is 386 g/mol. The van der Waals surface area contributed by atoms with Crippen LogP contribution >= 0.6 is 22.6 Å². The highest BCUT2D eigenvalue weighted by Gasteiger charge is 2.42. The number of nitrogens with zero attached hydrogens (tertiary/aromatic N) is 1. The fourth-order valence-electron chi connectivity index (χ4n) is 2.56. The average molecular weight is 404 g/mol. The van der Waals surface area contributed by atoms with Crippen LogP contribution in [0.15, 0.2) is 18.2 Å². The molecule has 4 nitrogen and oxygen atoms in total. The van der Waals surface area contributed by atoms with Gasteiger partial charge in [0.05, 0.1) is 5.69 Å². The zero-order chi connectivity index (χ0) is 15.7. The van der Waals surface area contributed by atoms with E-state index in [1.165, 1.54) is 17.0 Å². The third-order valence-corrected chi connectivity index (χ3v) is 4.47. The largest absolute Gasteiger partial charge is 0.342 e. The van der Waals surface area contributed by atoms with E-state index >= 15 is 0 Å². The second kappa shape index (κ2) is 6.29. The lowest BCUT2D eigenvalue weighted by molar-refractivity contribution is -0.134. The van der Waals surface area contributed by atoms with Crippen LogP contribution in [0, 0.1) is 15.3 Å². The zero-order valence-electron chi connectivity index (χ0n) is 12.2. The molecule has 1 N–H and O–H groups in total. The first-order valence-electron chi connectivity index (χ1n) is 6.95. The zero-order valence-corrected chi connectivity index (χ0v) is 14.3. The van der Waals surface area contributed by atoms with Gasteiger partial charge in [-0.15, -0.1) is 0 Å². The third-order valence-electron chi connectivity index (χ3n) is 3.61. The maximum absolute atomic E-state index is 13.3. The van der Waals surface area contributed by atoms with Gasteiger partial charge in [0.1, 0.15) is 17.9 Å². The van der Waals surface area contributed by atoms with Crippen LogP contribution in [0.3, 0.4) is 0 Å². The molecule has 114 valence electrons. The van der Waals surface area contributed by atoms with Crippen LogP contribution in [0.1, 0.15) is 27.2 Å². The second-order valence-corrected chi connectivity index (χ2v) is 6.62. The molecule has 2 amide bonds. The van der Waals surface area contributed by atoms with Crippen LogP contribution in [0.25, 0.3) is 0 Å². The summed E-state index contributed by atoms with van der Waals surface area (Å²) in [6.45, 7) is 5.65. The SMILES string of the molecule is CCC1NC(=O)C(C(C)C)N(c2ccc(F)cc2I)C1=O. The molecule has 0 spiro atoms. The molecule has 6 heteroatoms. The Kier molecular flexibility index (Phi) is 4.85. The van der Waals surface area contributed by atoms with Crippen molar-refractivity contribution in [2.24, 2.45) is 5.92 Å². The van der Waals surface area contributed by atoms with Gasteiger partial charge in [0, 0.05) is 3.57 Å². The molecule has 0 aliphatic carbocycles. The maximum atomic E-state index is 13.3. The number of anilines is 1. The molecule has 2 unspecified atom stereocenters. The quantitative estimate of drug-likeness (QED) is 0.788. The topological polar surface area (TPSA) is 49.4 Å². The Morgan fingerprint density at radius 2 is 2.05 bits per heavy atom. The molecule has 21 heavy (non-hydrogen) atoms. The number of amides is 2. The molecule has 1 saturated heterocycles. The van der Waals surface area contributed by atoms with Gasteiger partial charge in [0.2, 0.25) is 11.8 Å². The molecular formula is C15H18FIN2O2. The van der Waals surface area contributed by atoms with Crippen LogP contribution in [0.4, 0.5) is 10.1 Å². The summed E-state index contributed by atoms with van der Waals surface area (Å²) in [5.41, 5.74) is 0.592. The number of carbonyl (C=O) groups excluding carboxylic acids is 2. The van der Waals surface area contributed by atoms with Crippen molar-refractivity contribution in [2.45, 2.75) is 39.3 Å². The number of hydrogen-bond acceptors (Lipinski definition) is 2. The summed E-state index contributed by atoms with van der Waals surface area (Å²) in [5, 5.41) is 2.77. The van der Waals surface area contributed by atoms with E-state index in [2.05, 4.69) is 5.32 Å². The number of hydrogen-bond donors (Lipinski definition) is 1. The summed E-state index contributed by atoms with van der Waals surface area (Å²) >= 11 is 1.99. The van der Waals surface area contributed by atoms with Crippen molar-refractivity contribution >= 4 is 40.1 Å². The van der Waals surface area contributed by atoms with Gasteiger partial charge in [-0.2, -0.15) is 0 Å². The van der Waals surface area contributed by atoms with Gasteiger partial charge in [-0.1, -0.05) is 20.8 Å². The van der Waals surface area contributed by atoms with Crippen molar-refractivity contribution in [2.75, 3.05) is 4.90 Å². The lowest BCUT2D eigenvalue weighted by atomic mass is 9.95. The van der Waals surface area contributed by atoms with Crippen LogP contribution in [-0.2, 0) is 9.59 Å². The summed E-state index contributed by atoms with van der Waals surface area (Å²) in [5.74, 6) is -0.685. The fourth-order valence-corrected chi connectivity index (χ4v) is 3.30. The highest BCUT2D eigenvalue weighted by Crippen LogP contribution is 2.30. The van der Waals surface area contributed by atoms with Crippen molar-refractivity contribution in [3.8, 4) is 0 Å². The summed E-state index contributed by atoms with van der Waals surface area (Å²) in [6, 6.07) is 3.16. The first-order chi connectivity index (χ1) is 9.86. The normalized spacial score (nSPS) is 22.7. The Bertz CT molecular complexity index is 577. The van der Waals surface area contributed by atoms with E-state index in [1.807, 2.05) is 43.4 Å².